The predicted octanol–water partition coefficient (Wildman–Crippen LogP) is 1.41. The molecule has 3 nitrogen and oxygen atoms in total. The van der Waals surface area contributed by atoms with E-state index in [1.807, 2.05) is 0 Å². The first-order chi connectivity index (χ1) is 7.77. The molecule has 0 amide bonds. The van der Waals surface area contributed by atoms with E-state index >= 15 is 0 Å². The summed E-state index contributed by atoms with van der Waals surface area (Å²) in [6, 6.07) is 3.26. The van der Waals surface area contributed by atoms with E-state index in [9.17, 15) is 4.39 Å². The summed E-state index contributed by atoms with van der Waals surface area (Å²) in [5, 5.41) is 3.43. The largest absolute Gasteiger partial charge is 0.356 e. The van der Waals surface area contributed by atoms with Crippen LogP contribution in [0.3, 0.4) is 0 Å². The smallest absolute Gasteiger partial charge is 0.141 e. The van der Waals surface area contributed by atoms with Crippen molar-refractivity contribution in [2.24, 2.45) is 5.41 Å². The van der Waals surface area contributed by atoms with Crippen molar-refractivity contribution in [2.75, 3.05) is 31.1 Å². The predicted molar refractivity (Wildman–Crippen MR) is 60.9 cm³/mol. The SMILES string of the molecule is Fc1ccc(N2CCC3(CCNC3)C2)nc1. The summed E-state index contributed by atoms with van der Waals surface area (Å²) in [5.74, 6) is 0.644. The summed E-state index contributed by atoms with van der Waals surface area (Å²) in [7, 11) is 0. The van der Waals surface area contributed by atoms with Crippen molar-refractivity contribution in [3.05, 3.63) is 24.1 Å². The zero-order valence-corrected chi connectivity index (χ0v) is 9.25. The molecule has 3 heterocycles. The number of hydrogen-bond acceptors (Lipinski definition) is 3. The summed E-state index contributed by atoms with van der Waals surface area (Å²) in [6.07, 6.45) is 3.77. The fourth-order valence-electron chi connectivity index (χ4n) is 2.83. The molecular weight excluding hydrogens is 205 g/mol. The summed E-state index contributed by atoms with van der Waals surface area (Å²) >= 11 is 0. The minimum atomic E-state index is -0.264. The average Bonchev–Trinajstić information content (AvgIpc) is 2.91. The molecule has 1 aromatic rings. The lowest BCUT2D eigenvalue weighted by Crippen LogP contribution is -2.29. The Hall–Kier alpha value is -1.16. The molecule has 4 heteroatoms. The maximum absolute atomic E-state index is 12.8. The third-order valence-corrected chi connectivity index (χ3v) is 3.81. The van der Waals surface area contributed by atoms with E-state index < -0.39 is 0 Å². The van der Waals surface area contributed by atoms with Gasteiger partial charge in [0.25, 0.3) is 0 Å². The molecule has 2 aliphatic heterocycles. The Morgan fingerprint density at radius 3 is 3.00 bits per heavy atom. The molecule has 1 aromatic heterocycles. The van der Waals surface area contributed by atoms with Crippen LogP contribution in [0.2, 0.25) is 0 Å². The number of nitrogens with zero attached hydrogens (tertiary/aromatic N) is 2. The van der Waals surface area contributed by atoms with Crippen molar-refractivity contribution in [1.29, 1.82) is 0 Å². The number of halogens is 1. The molecule has 1 spiro atoms. The Balaban J connectivity index is 1.75. The van der Waals surface area contributed by atoms with Gasteiger partial charge in [0, 0.05) is 25.0 Å². The maximum Gasteiger partial charge on any atom is 0.141 e. The summed E-state index contributed by atoms with van der Waals surface area (Å²) < 4.78 is 12.8. The van der Waals surface area contributed by atoms with Gasteiger partial charge in [-0.25, -0.2) is 9.37 Å². The first-order valence-electron chi connectivity index (χ1n) is 5.85. The normalized spacial score (nSPS) is 29.2. The first kappa shape index (κ1) is 10.0. The van der Waals surface area contributed by atoms with E-state index in [1.165, 1.54) is 25.1 Å². The monoisotopic (exact) mass is 221 g/mol. The molecule has 1 unspecified atom stereocenters. The van der Waals surface area contributed by atoms with E-state index in [2.05, 4.69) is 15.2 Å². The number of hydrogen-bond donors (Lipinski definition) is 1. The summed E-state index contributed by atoms with van der Waals surface area (Å²) in [4.78, 5) is 6.42. The highest BCUT2D eigenvalue weighted by molar-refractivity contribution is 5.40. The third kappa shape index (κ3) is 1.67. The Morgan fingerprint density at radius 1 is 1.38 bits per heavy atom. The van der Waals surface area contributed by atoms with Gasteiger partial charge in [0.1, 0.15) is 11.6 Å². The second kappa shape index (κ2) is 3.70. The van der Waals surface area contributed by atoms with E-state index in [1.54, 1.807) is 6.07 Å². The van der Waals surface area contributed by atoms with Crippen LogP contribution in [0.1, 0.15) is 12.8 Å². The van der Waals surface area contributed by atoms with E-state index in [-0.39, 0.29) is 5.82 Å². The van der Waals surface area contributed by atoms with Crippen LogP contribution in [0, 0.1) is 11.2 Å². The average molecular weight is 221 g/mol. The third-order valence-electron chi connectivity index (χ3n) is 3.81. The van der Waals surface area contributed by atoms with Gasteiger partial charge in [-0.3, -0.25) is 0 Å². The number of nitrogens with one attached hydrogen (secondary N) is 1. The van der Waals surface area contributed by atoms with Crippen LogP contribution in [0.25, 0.3) is 0 Å². The van der Waals surface area contributed by atoms with Gasteiger partial charge in [-0.15, -0.1) is 0 Å². The Kier molecular flexibility index (Phi) is 2.32. The van der Waals surface area contributed by atoms with Gasteiger partial charge in [0.2, 0.25) is 0 Å². The van der Waals surface area contributed by atoms with Crippen molar-refractivity contribution in [1.82, 2.24) is 10.3 Å². The van der Waals surface area contributed by atoms with Gasteiger partial charge in [0.15, 0.2) is 0 Å². The first-order valence-corrected chi connectivity index (χ1v) is 5.85. The van der Waals surface area contributed by atoms with Gasteiger partial charge < -0.3 is 10.2 Å². The van der Waals surface area contributed by atoms with Crippen LogP contribution in [0.15, 0.2) is 18.3 Å². The number of rotatable bonds is 1. The number of anilines is 1. The number of aromatic nitrogens is 1. The van der Waals surface area contributed by atoms with Crippen molar-refractivity contribution in [3.63, 3.8) is 0 Å². The zero-order chi connectivity index (χ0) is 11.0. The van der Waals surface area contributed by atoms with Crippen LogP contribution < -0.4 is 10.2 Å². The fraction of sp³-hybridized carbons (Fsp3) is 0.583. The molecule has 2 fully saturated rings. The lowest BCUT2D eigenvalue weighted by atomic mass is 9.87. The van der Waals surface area contributed by atoms with Crippen LogP contribution in [0.5, 0.6) is 0 Å². The van der Waals surface area contributed by atoms with Gasteiger partial charge in [-0.1, -0.05) is 0 Å². The highest BCUT2D eigenvalue weighted by atomic mass is 19.1. The molecule has 0 aromatic carbocycles. The molecule has 2 aliphatic rings. The molecule has 0 saturated carbocycles. The second-order valence-electron chi connectivity index (χ2n) is 4.93. The van der Waals surface area contributed by atoms with Gasteiger partial charge >= 0.3 is 0 Å². The maximum atomic E-state index is 12.8. The van der Waals surface area contributed by atoms with Crippen LogP contribution in [-0.4, -0.2) is 31.2 Å². The van der Waals surface area contributed by atoms with E-state index in [4.69, 9.17) is 0 Å². The minimum Gasteiger partial charge on any atom is -0.356 e. The van der Waals surface area contributed by atoms with Gasteiger partial charge in [0.05, 0.1) is 6.20 Å². The van der Waals surface area contributed by atoms with Crippen molar-refractivity contribution in [3.8, 4) is 0 Å². The molecule has 3 rings (SSSR count). The molecule has 2 saturated heterocycles. The molecule has 0 bridgehead atoms. The second-order valence-corrected chi connectivity index (χ2v) is 4.93. The van der Waals surface area contributed by atoms with Crippen LogP contribution in [0.4, 0.5) is 10.2 Å². The lowest BCUT2D eigenvalue weighted by molar-refractivity contribution is 0.369. The topological polar surface area (TPSA) is 28.2 Å². The molecule has 1 N–H and O–H groups in total. The van der Waals surface area contributed by atoms with Crippen molar-refractivity contribution in [2.45, 2.75) is 12.8 Å². The van der Waals surface area contributed by atoms with Crippen LogP contribution in [-0.2, 0) is 0 Å². The molecule has 1 atom stereocenters. The van der Waals surface area contributed by atoms with Gasteiger partial charge in [-0.2, -0.15) is 0 Å². The highest BCUT2D eigenvalue weighted by Gasteiger charge is 2.40. The lowest BCUT2D eigenvalue weighted by Gasteiger charge is -2.23. The zero-order valence-electron chi connectivity index (χ0n) is 9.25. The van der Waals surface area contributed by atoms with Gasteiger partial charge in [-0.05, 0) is 31.5 Å². The van der Waals surface area contributed by atoms with Crippen molar-refractivity contribution < 1.29 is 4.39 Å². The molecule has 0 radical (unpaired) electrons. The Bertz CT molecular complexity index is 370. The standard InChI is InChI=1S/C12H16FN3/c13-10-1-2-11(15-7-10)16-6-4-12(9-16)3-5-14-8-12/h1-2,7,14H,3-6,8-9H2. The Labute approximate surface area is 94.7 Å². The summed E-state index contributed by atoms with van der Waals surface area (Å²) in [5.41, 5.74) is 0.441. The van der Waals surface area contributed by atoms with E-state index in [0.29, 0.717) is 5.41 Å². The summed E-state index contributed by atoms with van der Waals surface area (Å²) in [6.45, 7) is 4.34. The molecular formula is C12H16FN3. The molecule has 0 aliphatic carbocycles. The van der Waals surface area contributed by atoms with Crippen molar-refractivity contribution >= 4 is 5.82 Å². The van der Waals surface area contributed by atoms with Crippen LogP contribution >= 0.6 is 0 Å². The van der Waals surface area contributed by atoms with E-state index in [0.717, 1.165) is 32.0 Å². The number of pyridine rings is 1. The minimum absolute atomic E-state index is 0.264. The molecule has 16 heavy (non-hydrogen) atoms. The Morgan fingerprint density at radius 2 is 2.31 bits per heavy atom. The molecule has 86 valence electrons. The highest BCUT2D eigenvalue weighted by Crippen LogP contribution is 2.37. The quantitative estimate of drug-likeness (QED) is 0.777. The fourth-order valence-corrected chi connectivity index (χ4v) is 2.83.